The first kappa shape index (κ1) is 14.5. The van der Waals surface area contributed by atoms with Gasteiger partial charge in [0, 0.05) is 22.2 Å². The van der Waals surface area contributed by atoms with Crippen LogP contribution >= 0.6 is 11.3 Å². The topological polar surface area (TPSA) is 59.2 Å². The molecule has 0 radical (unpaired) electrons. The van der Waals surface area contributed by atoms with Crippen LogP contribution in [0, 0.1) is 6.92 Å². The molecule has 0 amide bonds. The molecule has 5 heteroatoms. The van der Waals surface area contributed by atoms with E-state index in [0.717, 1.165) is 16.6 Å². The number of nitrogens with one attached hydrogen (secondary N) is 1. The van der Waals surface area contributed by atoms with Crippen LogP contribution in [-0.2, 0) is 4.74 Å². The number of carbonyl (C=O) groups is 2. The summed E-state index contributed by atoms with van der Waals surface area (Å²) < 4.78 is 5.29. The molecule has 0 fully saturated rings. The maximum atomic E-state index is 12.7. The van der Waals surface area contributed by atoms with Gasteiger partial charge in [0.25, 0.3) is 0 Å². The van der Waals surface area contributed by atoms with E-state index in [0.29, 0.717) is 10.4 Å². The molecule has 0 aliphatic carbocycles. The van der Waals surface area contributed by atoms with Crippen LogP contribution < -0.4 is 0 Å². The predicted molar refractivity (Wildman–Crippen MR) is 86.6 cm³/mol. The monoisotopic (exact) mass is 313 g/mol. The zero-order valence-electron chi connectivity index (χ0n) is 12.3. The lowest BCUT2D eigenvalue weighted by Crippen LogP contribution is -2.24. The molecule has 0 aliphatic heterocycles. The standard InChI is InChI=1S/C17H15NO3S/c1-10-15(12-6-3-4-7-13(12)18-10)16(19)11(2)21-17(20)14-8-5-9-22-14/h3-9,11,18H,1-2H3/t11-/m0/s1. The maximum absolute atomic E-state index is 12.7. The van der Waals surface area contributed by atoms with Crippen molar-refractivity contribution >= 4 is 34.0 Å². The number of H-pyrrole nitrogens is 1. The third-order valence-corrected chi connectivity index (χ3v) is 4.37. The Balaban J connectivity index is 1.86. The SMILES string of the molecule is Cc1[nH]c2ccccc2c1C(=O)[C@H](C)OC(=O)c1cccs1. The molecule has 0 aliphatic rings. The zero-order valence-corrected chi connectivity index (χ0v) is 13.1. The normalized spacial score (nSPS) is 12.3. The quantitative estimate of drug-likeness (QED) is 0.586. The molecule has 1 aromatic carbocycles. The van der Waals surface area contributed by atoms with Gasteiger partial charge >= 0.3 is 5.97 Å². The molecule has 0 saturated carbocycles. The number of carbonyl (C=O) groups excluding carboxylic acids is 2. The fourth-order valence-corrected chi connectivity index (χ4v) is 3.07. The zero-order chi connectivity index (χ0) is 15.7. The van der Waals surface area contributed by atoms with Crippen molar-refractivity contribution in [1.82, 2.24) is 4.98 Å². The Morgan fingerprint density at radius 1 is 1.18 bits per heavy atom. The molecule has 2 heterocycles. The van der Waals surface area contributed by atoms with Crippen LogP contribution in [0.25, 0.3) is 10.9 Å². The summed E-state index contributed by atoms with van der Waals surface area (Å²) in [5.41, 5.74) is 2.27. The van der Waals surface area contributed by atoms with E-state index in [-0.39, 0.29) is 5.78 Å². The highest BCUT2D eigenvalue weighted by atomic mass is 32.1. The van der Waals surface area contributed by atoms with Gasteiger partial charge in [0.15, 0.2) is 6.10 Å². The number of ether oxygens (including phenoxy) is 1. The summed E-state index contributed by atoms with van der Waals surface area (Å²) in [6.45, 7) is 3.45. The van der Waals surface area contributed by atoms with E-state index in [1.54, 1.807) is 24.4 Å². The Morgan fingerprint density at radius 3 is 2.68 bits per heavy atom. The number of fused-ring (bicyclic) bond motifs is 1. The molecule has 1 atom stereocenters. The molecule has 0 spiro atoms. The van der Waals surface area contributed by atoms with E-state index in [2.05, 4.69) is 4.98 Å². The van der Waals surface area contributed by atoms with Crippen molar-refractivity contribution in [2.45, 2.75) is 20.0 Å². The van der Waals surface area contributed by atoms with Gasteiger partial charge in [-0.25, -0.2) is 4.79 Å². The van der Waals surface area contributed by atoms with E-state index in [1.165, 1.54) is 11.3 Å². The summed E-state index contributed by atoms with van der Waals surface area (Å²) in [6.07, 6.45) is -0.826. The number of aromatic nitrogens is 1. The van der Waals surface area contributed by atoms with Crippen molar-refractivity contribution in [2.24, 2.45) is 0 Å². The number of esters is 1. The minimum absolute atomic E-state index is 0.195. The van der Waals surface area contributed by atoms with E-state index in [4.69, 9.17) is 4.74 Å². The van der Waals surface area contributed by atoms with E-state index in [1.807, 2.05) is 31.2 Å². The maximum Gasteiger partial charge on any atom is 0.349 e. The molecule has 0 unspecified atom stereocenters. The Bertz CT molecular complexity index is 833. The lowest BCUT2D eigenvalue weighted by atomic mass is 10.0. The summed E-state index contributed by atoms with van der Waals surface area (Å²) in [7, 11) is 0. The number of thiophene rings is 1. The first-order valence-electron chi connectivity index (χ1n) is 6.94. The highest BCUT2D eigenvalue weighted by Crippen LogP contribution is 2.24. The molecule has 2 aromatic heterocycles. The number of aromatic amines is 1. The highest BCUT2D eigenvalue weighted by molar-refractivity contribution is 7.11. The number of rotatable bonds is 4. The number of hydrogen-bond donors (Lipinski definition) is 1. The summed E-state index contributed by atoms with van der Waals surface area (Å²) >= 11 is 1.30. The van der Waals surface area contributed by atoms with Crippen molar-refractivity contribution in [1.29, 1.82) is 0 Å². The number of Topliss-reactive ketones (excluding diaryl/α,β-unsaturated/α-hetero) is 1. The number of ketones is 1. The molecule has 1 N–H and O–H groups in total. The van der Waals surface area contributed by atoms with Crippen LogP contribution in [0.5, 0.6) is 0 Å². The Morgan fingerprint density at radius 2 is 1.95 bits per heavy atom. The van der Waals surface area contributed by atoms with E-state index in [9.17, 15) is 9.59 Å². The second-order valence-corrected chi connectivity index (χ2v) is 6.01. The van der Waals surface area contributed by atoms with Gasteiger partial charge in [-0.2, -0.15) is 0 Å². The fraction of sp³-hybridized carbons (Fsp3) is 0.176. The molecule has 112 valence electrons. The molecular weight excluding hydrogens is 298 g/mol. The minimum Gasteiger partial charge on any atom is -0.450 e. The average Bonchev–Trinajstić information content (AvgIpc) is 3.13. The third-order valence-electron chi connectivity index (χ3n) is 3.52. The number of aryl methyl sites for hydroxylation is 1. The van der Waals surface area contributed by atoms with E-state index >= 15 is 0 Å². The van der Waals surface area contributed by atoms with Crippen LogP contribution in [0.3, 0.4) is 0 Å². The van der Waals surface area contributed by atoms with Crippen LogP contribution in [0.1, 0.15) is 32.6 Å². The third kappa shape index (κ3) is 2.55. The van der Waals surface area contributed by atoms with Gasteiger partial charge < -0.3 is 9.72 Å². The largest absolute Gasteiger partial charge is 0.450 e. The summed E-state index contributed by atoms with van der Waals surface area (Å²) in [5.74, 6) is -0.659. The van der Waals surface area contributed by atoms with Gasteiger partial charge in [0.1, 0.15) is 4.88 Å². The highest BCUT2D eigenvalue weighted by Gasteiger charge is 2.25. The van der Waals surface area contributed by atoms with Gasteiger partial charge in [0.05, 0.1) is 0 Å². The summed E-state index contributed by atoms with van der Waals surface area (Å²) in [4.78, 5) is 28.3. The van der Waals surface area contributed by atoms with Gasteiger partial charge in [-0.05, 0) is 31.4 Å². The van der Waals surface area contributed by atoms with Gasteiger partial charge in [-0.15, -0.1) is 11.3 Å². The van der Waals surface area contributed by atoms with Gasteiger partial charge in [0.2, 0.25) is 5.78 Å². The second kappa shape index (κ2) is 5.77. The van der Waals surface area contributed by atoms with Crippen molar-refractivity contribution in [3.63, 3.8) is 0 Å². The average molecular weight is 313 g/mol. The van der Waals surface area contributed by atoms with Crippen LogP contribution in [0.4, 0.5) is 0 Å². The first-order valence-corrected chi connectivity index (χ1v) is 7.82. The lowest BCUT2D eigenvalue weighted by molar-refractivity contribution is 0.0324. The van der Waals surface area contributed by atoms with Crippen LogP contribution in [0.15, 0.2) is 41.8 Å². The Hall–Kier alpha value is -2.40. The molecule has 0 bridgehead atoms. The first-order chi connectivity index (χ1) is 10.6. The van der Waals surface area contributed by atoms with E-state index < -0.39 is 12.1 Å². The van der Waals surface area contributed by atoms with Crippen molar-refractivity contribution in [2.75, 3.05) is 0 Å². The lowest BCUT2D eigenvalue weighted by Gasteiger charge is -2.11. The van der Waals surface area contributed by atoms with Crippen molar-refractivity contribution in [3.8, 4) is 0 Å². The molecule has 22 heavy (non-hydrogen) atoms. The summed E-state index contributed by atoms with van der Waals surface area (Å²) in [6, 6.07) is 11.1. The van der Waals surface area contributed by atoms with Crippen LogP contribution in [0.2, 0.25) is 0 Å². The molecule has 0 saturated heterocycles. The van der Waals surface area contributed by atoms with Crippen molar-refractivity contribution in [3.05, 3.63) is 57.9 Å². The van der Waals surface area contributed by atoms with Gasteiger partial charge in [-0.3, -0.25) is 4.79 Å². The fourth-order valence-electron chi connectivity index (χ4n) is 2.46. The van der Waals surface area contributed by atoms with Crippen LogP contribution in [-0.4, -0.2) is 22.8 Å². The molecule has 3 rings (SSSR count). The molecular formula is C17H15NO3S. The number of benzene rings is 1. The summed E-state index contributed by atoms with van der Waals surface area (Å²) in [5, 5.41) is 2.65. The molecule has 3 aromatic rings. The number of hydrogen-bond acceptors (Lipinski definition) is 4. The minimum atomic E-state index is -0.826. The van der Waals surface area contributed by atoms with Gasteiger partial charge in [-0.1, -0.05) is 24.3 Å². The Kier molecular flexibility index (Phi) is 3.81. The smallest absolute Gasteiger partial charge is 0.349 e. The Labute approximate surface area is 131 Å². The second-order valence-electron chi connectivity index (χ2n) is 5.06. The van der Waals surface area contributed by atoms with Crippen molar-refractivity contribution < 1.29 is 14.3 Å². The predicted octanol–water partition coefficient (Wildman–Crippen LogP) is 3.97. The molecule has 4 nitrogen and oxygen atoms in total. The number of para-hydroxylation sites is 1.